The van der Waals surface area contributed by atoms with Crippen molar-refractivity contribution >= 4 is 27.8 Å². The molecule has 1 heteroatoms. The molecule has 0 aliphatic heterocycles. The van der Waals surface area contributed by atoms with Crippen molar-refractivity contribution in [1.29, 1.82) is 0 Å². The fourth-order valence-corrected chi connectivity index (χ4v) is 9.82. The van der Waals surface area contributed by atoms with Crippen LogP contribution in [-0.2, 0) is 5.41 Å². The average molecular weight is 778 g/mol. The minimum atomic E-state index is -0.346. The summed E-state index contributed by atoms with van der Waals surface area (Å²) in [6, 6.07) is 88.8. The summed E-state index contributed by atoms with van der Waals surface area (Å²) in [5.74, 6) is 0. The molecular formula is C60H43N. The van der Waals surface area contributed by atoms with Gasteiger partial charge in [-0.15, -0.1) is 0 Å². The summed E-state index contributed by atoms with van der Waals surface area (Å²) in [5, 5.41) is 2.46. The van der Waals surface area contributed by atoms with Crippen LogP contribution >= 0.6 is 0 Å². The molecule has 1 atom stereocenters. The van der Waals surface area contributed by atoms with Gasteiger partial charge in [0.05, 0.1) is 11.4 Å². The Labute approximate surface area is 358 Å². The first-order chi connectivity index (χ1) is 30.2. The zero-order valence-corrected chi connectivity index (χ0v) is 34.0. The number of anilines is 3. The highest BCUT2D eigenvalue weighted by Crippen LogP contribution is 2.55. The van der Waals surface area contributed by atoms with Crippen LogP contribution in [0.4, 0.5) is 17.1 Å². The van der Waals surface area contributed by atoms with E-state index in [9.17, 15) is 0 Å². The molecule has 0 saturated heterocycles. The van der Waals surface area contributed by atoms with Crippen LogP contribution in [0.3, 0.4) is 0 Å². The third kappa shape index (κ3) is 6.17. The Morgan fingerprint density at radius 1 is 0.311 bits per heavy atom. The average Bonchev–Trinajstić information content (AvgIpc) is 3.60. The molecule has 1 unspecified atom stereocenters. The predicted molar refractivity (Wildman–Crippen MR) is 258 cm³/mol. The summed E-state index contributed by atoms with van der Waals surface area (Å²) in [6.07, 6.45) is 0. The van der Waals surface area contributed by atoms with Gasteiger partial charge in [0.15, 0.2) is 0 Å². The normalized spacial score (nSPS) is 14.0. The first-order valence-electron chi connectivity index (χ1n) is 21.2. The van der Waals surface area contributed by atoms with Gasteiger partial charge in [0.2, 0.25) is 0 Å². The predicted octanol–water partition coefficient (Wildman–Crippen LogP) is 16.3. The van der Waals surface area contributed by atoms with Crippen LogP contribution < -0.4 is 4.90 Å². The van der Waals surface area contributed by atoms with Gasteiger partial charge in [0.1, 0.15) is 0 Å². The van der Waals surface area contributed by atoms with Gasteiger partial charge in [-0.3, -0.25) is 0 Å². The second-order valence-electron chi connectivity index (χ2n) is 16.2. The maximum atomic E-state index is 2.51. The zero-order valence-electron chi connectivity index (χ0n) is 34.0. The summed E-state index contributed by atoms with van der Waals surface area (Å²) < 4.78 is 0. The molecule has 1 nitrogen and oxygen atoms in total. The van der Waals surface area contributed by atoms with Gasteiger partial charge < -0.3 is 4.90 Å². The summed E-state index contributed by atoms with van der Waals surface area (Å²) in [4.78, 5) is 2.51. The summed E-state index contributed by atoms with van der Waals surface area (Å²) >= 11 is 0. The van der Waals surface area contributed by atoms with E-state index in [1.807, 2.05) is 0 Å². The molecule has 288 valence electrons. The molecule has 1 aliphatic carbocycles. The third-order valence-corrected chi connectivity index (χ3v) is 12.8. The van der Waals surface area contributed by atoms with E-state index in [4.69, 9.17) is 0 Å². The Bertz CT molecular complexity index is 3180. The van der Waals surface area contributed by atoms with Crippen LogP contribution in [0, 0.1) is 0 Å². The first kappa shape index (κ1) is 36.3. The zero-order chi connectivity index (χ0) is 40.8. The van der Waals surface area contributed by atoms with Crippen molar-refractivity contribution in [2.45, 2.75) is 12.3 Å². The van der Waals surface area contributed by atoms with Gasteiger partial charge in [0.25, 0.3) is 0 Å². The van der Waals surface area contributed by atoms with Gasteiger partial charge in [-0.1, -0.05) is 218 Å². The summed E-state index contributed by atoms with van der Waals surface area (Å²) in [7, 11) is 0. The van der Waals surface area contributed by atoms with Gasteiger partial charge in [0, 0.05) is 22.2 Å². The van der Waals surface area contributed by atoms with Gasteiger partial charge >= 0.3 is 0 Å². The van der Waals surface area contributed by atoms with Gasteiger partial charge in [-0.25, -0.2) is 0 Å². The van der Waals surface area contributed by atoms with E-state index in [0.29, 0.717) is 0 Å². The highest BCUT2D eigenvalue weighted by atomic mass is 15.1. The maximum Gasteiger partial charge on any atom is 0.0540 e. The third-order valence-electron chi connectivity index (χ3n) is 12.8. The molecular weight excluding hydrogens is 735 g/mol. The van der Waals surface area contributed by atoms with Crippen LogP contribution in [-0.4, -0.2) is 0 Å². The standard InChI is InChI=1S/C60H43N/c1-60(47-25-9-4-10-26-47)55-32-14-11-28-51(55)52-40-39-48(41-56(52)60)61(57-33-15-12-27-49(57)45-37-35-43(36-38-45)42-19-5-2-6-20-42)58-34-16-13-29-53(58)54-31-18-24-46-23-17-30-50(59(46)54)44-21-7-3-8-22-44/h2-41H,1H3. The molecule has 0 radical (unpaired) electrons. The van der Waals surface area contributed by atoms with Crippen molar-refractivity contribution in [3.05, 3.63) is 259 Å². The largest absolute Gasteiger partial charge is 0.309 e. The Morgan fingerprint density at radius 2 is 0.787 bits per heavy atom. The van der Waals surface area contributed by atoms with E-state index in [2.05, 4.69) is 254 Å². The number of benzene rings is 10. The number of hydrogen-bond donors (Lipinski definition) is 0. The van der Waals surface area contributed by atoms with Crippen molar-refractivity contribution in [3.63, 3.8) is 0 Å². The fourth-order valence-electron chi connectivity index (χ4n) is 9.82. The van der Waals surface area contributed by atoms with Crippen molar-refractivity contribution < 1.29 is 0 Å². The van der Waals surface area contributed by atoms with Crippen molar-refractivity contribution in [3.8, 4) is 55.6 Å². The Balaban J connectivity index is 1.16. The minimum absolute atomic E-state index is 0.346. The maximum absolute atomic E-state index is 2.51. The molecule has 0 amide bonds. The quantitative estimate of drug-likeness (QED) is 0.149. The van der Waals surface area contributed by atoms with Crippen molar-refractivity contribution in [1.82, 2.24) is 0 Å². The van der Waals surface area contributed by atoms with E-state index >= 15 is 0 Å². The molecule has 11 rings (SSSR count). The molecule has 0 fully saturated rings. The van der Waals surface area contributed by atoms with Crippen LogP contribution in [0.25, 0.3) is 66.4 Å². The molecule has 61 heavy (non-hydrogen) atoms. The van der Waals surface area contributed by atoms with E-state index in [-0.39, 0.29) is 5.41 Å². The number of para-hydroxylation sites is 2. The van der Waals surface area contributed by atoms with Crippen LogP contribution in [0.2, 0.25) is 0 Å². The second kappa shape index (κ2) is 15.1. The monoisotopic (exact) mass is 777 g/mol. The molecule has 1 aliphatic rings. The van der Waals surface area contributed by atoms with Gasteiger partial charge in [-0.05, 0) is 103 Å². The number of rotatable bonds is 8. The number of nitrogens with zero attached hydrogens (tertiary/aromatic N) is 1. The van der Waals surface area contributed by atoms with Gasteiger partial charge in [-0.2, -0.15) is 0 Å². The van der Waals surface area contributed by atoms with Crippen LogP contribution in [0.1, 0.15) is 23.6 Å². The second-order valence-corrected chi connectivity index (χ2v) is 16.2. The summed E-state index contributed by atoms with van der Waals surface area (Å²) in [5.41, 5.74) is 19.0. The van der Waals surface area contributed by atoms with E-state index in [0.717, 1.165) is 28.2 Å². The molecule has 0 aromatic heterocycles. The fraction of sp³-hybridized carbons (Fsp3) is 0.0333. The molecule has 0 spiro atoms. The highest BCUT2D eigenvalue weighted by Gasteiger charge is 2.41. The molecule has 0 saturated carbocycles. The SMILES string of the molecule is CC1(c2ccccc2)c2ccccc2-c2ccc(N(c3ccccc3-c3ccc(-c4ccccc4)cc3)c3ccccc3-c3cccc4cccc(-c5ccccc5)c34)cc21. The lowest BCUT2D eigenvalue weighted by atomic mass is 9.74. The topological polar surface area (TPSA) is 3.24 Å². The molecule has 10 aromatic rings. The van der Waals surface area contributed by atoms with Crippen LogP contribution in [0.5, 0.6) is 0 Å². The first-order valence-corrected chi connectivity index (χ1v) is 21.2. The molecule has 0 bridgehead atoms. The van der Waals surface area contributed by atoms with Crippen LogP contribution in [0.15, 0.2) is 243 Å². The Kier molecular flexibility index (Phi) is 9.02. The minimum Gasteiger partial charge on any atom is -0.309 e. The highest BCUT2D eigenvalue weighted by molar-refractivity contribution is 6.09. The van der Waals surface area contributed by atoms with Crippen molar-refractivity contribution in [2.75, 3.05) is 4.90 Å². The molecule has 10 aromatic carbocycles. The Hall–Kier alpha value is -7.74. The lowest BCUT2D eigenvalue weighted by Gasteiger charge is -2.32. The summed E-state index contributed by atoms with van der Waals surface area (Å²) in [6.45, 7) is 2.40. The number of fused-ring (bicyclic) bond motifs is 4. The van der Waals surface area contributed by atoms with E-state index < -0.39 is 0 Å². The molecule has 0 N–H and O–H groups in total. The number of hydrogen-bond acceptors (Lipinski definition) is 1. The molecule has 0 heterocycles. The smallest absolute Gasteiger partial charge is 0.0540 e. The Morgan fingerprint density at radius 3 is 1.49 bits per heavy atom. The lowest BCUT2D eigenvalue weighted by Crippen LogP contribution is -2.23. The van der Waals surface area contributed by atoms with E-state index in [1.54, 1.807) is 0 Å². The lowest BCUT2D eigenvalue weighted by molar-refractivity contribution is 0.714. The van der Waals surface area contributed by atoms with Crippen molar-refractivity contribution in [2.24, 2.45) is 0 Å². The van der Waals surface area contributed by atoms with E-state index in [1.165, 1.54) is 72.0 Å².